The monoisotopic (exact) mass is 205 g/mol. The lowest BCUT2D eigenvalue weighted by Crippen LogP contribution is -2.03. The highest BCUT2D eigenvalue weighted by Gasteiger charge is 2.04. The van der Waals surface area contributed by atoms with Gasteiger partial charge in [-0.05, 0) is 18.1 Å². The predicted molar refractivity (Wildman–Crippen MR) is 69.5 cm³/mol. The first-order chi connectivity index (χ1) is 7.72. The van der Waals surface area contributed by atoms with E-state index in [4.69, 9.17) is 13.1 Å². The third-order valence-electron chi connectivity index (χ3n) is 2.20. The summed E-state index contributed by atoms with van der Waals surface area (Å²) >= 11 is 0. The van der Waals surface area contributed by atoms with Crippen LogP contribution in [0.3, 0.4) is 0 Å². The molecule has 0 N–H and O–H groups in total. The van der Waals surface area contributed by atoms with Crippen LogP contribution in [0.25, 0.3) is 5.57 Å². The zero-order valence-corrected chi connectivity index (χ0v) is 9.27. The van der Waals surface area contributed by atoms with Gasteiger partial charge in [-0.2, -0.15) is 5.26 Å². The Labute approximate surface area is 97.8 Å². The topological polar surface area (TPSA) is 23.8 Å². The first kappa shape index (κ1) is 12.1. The number of nitriles is 1. The summed E-state index contributed by atoms with van der Waals surface area (Å²) in [6.07, 6.45) is 7.41. The molecule has 1 nitrogen and oxygen atoms in total. The second-order valence-electron chi connectivity index (χ2n) is 3.26. The molecule has 0 heterocycles. The maximum absolute atomic E-state index is 9.04. The normalized spacial score (nSPS) is 11.4. The Kier molecular flexibility index (Phi) is 4.35. The van der Waals surface area contributed by atoms with Gasteiger partial charge in [0.2, 0.25) is 0 Å². The zero-order valence-electron chi connectivity index (χ0n) is 9.27. The molecular formula is C14H12BN. The van der Waals surface area contributed by atoms with Gasteiger partial charge in [-0.1, -0.05) is 54.5 Å². The summed E-state index contributed by atoms with van der Waals surface area (Å²) in [6, 6.07) is 7.48. The molecule has 1 aromatic rings. The molecule has 0 saturated heterocycles. The smallest absolute Gasteiger partial charge is 0.113 e. The molecule has 2 heteroatoms. The molecule has 0 bridgehead atoms. The van der Waals surface area contributed by atoms with Gasteiger partial charge in [-0.25, -0.2) is 0 Å². The number of allylic oxidation sites excluding steroid dienone is 5. The van der Waals surface area contributed by atoms with Crippen molar-refractivity contribution in [2.24, 2.45) is 0 Å². The third-order valence-corrected chi connectivity index (χ3v) is 2.20. The van der Waals surface area contributed by atoms with Gasteiger partial charge in [-0.15, -0.1) is 0 Å². The van der Waals surface area contributed by atoms with Crippen LogP contribution < -0.4 is 5.46 Å². The van der Waals surface area contributed by atoms with Crippen molar-refractivity contribution >= 4 is 18.9 Å². The summed E-state index contributed by atoms with van der Waals surface area (Å²) in [5.41, 5.74) is 3.05. The predicted octanol–water partition coefficient (Wildman–Crippen LogP) is 2.50. The van der Waals surface area contributed by atoms with Gasteiger partial charge >= 0.3 is 0 Å². The van der Waals surface area contributed by atoms with Crippen LogP contribution in [0.1, 0.15) is 18.1 Å². The summed E-state index contributed by atoms with van der Waals surface area (Å²) < 4.78 is 0. The molecule has 2 radical (unpaired) electrons. The van der Waals surface area contributed by atoms with Crippen LogP contribution >= 0.6 is 0 Å². The van der Waals surface area contributed by atoms with Crippen molar-refractivity contribution in [3.05, 3.63) is 60.2 Å². The lowest BCUT2D eigenvalue weighted by atomic mass is 9.90. The largest absolute Gasteiger partial charge is 0.192 e. The number of benzene rings is 1. The molecule has 0 aliphatic carbocycles. The fourth-order valence-electron chi connectivity index (χ4n) is 1.42. The van der Waals surface area contributed by atoms with Crippen molar-refractivity contribution in [1.82, 2.24) is 0 Å². The summed E-state index contributed by atoms with van der Waals surface area (Å²) in [5.74, 6) is 0. The molecule has 16 heavy (non-hydrogen) atoms. The highest BCUT2D eigenvalue weighted by molar-refractivity contribution is 6.32. The summed E-state index contributed by atoms with van der Waals surface area (Å²) in [4.78, 5) is 0. The molecule has 0 atom stereocenters. The van der Waals surface area contributed by atoms with Gasteiger partial charge in [0.15, 0.2) is 0 Å². The van der Waals surface area contributed by atoms with Crippen LogP contribution in [0.5, 0.6) is 0 Å². The Bertz CT molecular complexity index is 490. The van der Waals surface area contributed by atoms with E-state index in [1.54, 1.807) is 18.2 Å². The molecule has 76 valence electrons. The lowest BCUT2D eigenvalue weighted by molar-refractivity contribution is 1.47. The zero-order chi connectivity index (χ0) is 12.0. The van der Waals surface area contributed by atoms with Crippen molar-refractivity contribution in [2.45, 2.75) is 6.92 Å². The summed E-state index contributed by atoms with van der Waals surface area (Å²) in [5, 5.41) is 9.04. The highest BCUT2D eigenvalue weighted by Crippen LogP contribution is 2.19. The van der Waals surface area contributed by atoms with Gasteiger partial charge in [0.1, 0.15) is 7.85 Å². The van der Waals surface area contributed by atoms with Crippen molar-refractivity contribution in [2.75, 3.05) is 0 Å². The molecular weight excluding hydrogens is 193 g/mol. The van der Waals surface area contributed by atoms with E-state index in [1.165, 1.54) is 0 Å². The van der Waals surface area contributed by atoms with Crippen LogP contribution in [-0.2, 0) is 0 Å². The molecule has 0 amide bonds. The van der Waals surface area contributed by atoms with E-state index < -0.39 is 0 Å². The van der Waals surface area contributed by atoms with E-state index in [1.807, 2.05) is 31.2 Å². The molecule has 0 spiro atoms. The van der Waals surface area contributed by atoms with Crippen LogP contribution in [0.2, 0.25) is 0 Å². The molecule has 1 rings (SSSR count). The molecule has 0 aromatic heterocycles. The van der Waals surface area contributed by atoms with Crippen LogP contribution in [0, 0.1) is 11.3 Å². The van der Waals surface area contributed by atoms with Crippen molar-refractivity contribution in [3.8, 4) is 6.07 Å². The fraction of sp³-hybridized carbons (Fsp3) is 0.0714. The molecule has 0 unspecified atom stereocenters. The average Bonchev–Trinajstić information content (AvgIpc) is 2.31. The quantitative estimate of drug-likeness (QED) is 0.549. The number of nitrogens with zero attached hydrogens (tertiary/aromatic N) is 1. The van der Waals surface area contributed by atoms with Gasteiger partial charge in [0.25, 0.3) is 0 Å². The number of hydrogen-bond acceptors (Lipinski definition) is 1. The van der Waals surface area contributed by atoms with Crippen molar-refractivity contribution < 1.29 is 0 Å². The van der Waals surface area contributed by atoms with E-state index in [-0.39, 0.29) is 0 Å². The third kappa shape index (κ3) is 2.74. The van der Waals surface area contributed by atoms with Gasteiger partial charge in [0, 0.05) is 0 Å². The maximum Gasteiger partial charge on any atom is 0.113 e. The minimum atomic E-state index is 0.585. The van der Waals surface area contributed by atoms with Gasteiger partial charge < -0.3 is 0 Å². The van der Waals surface area contributed by atoms with Gasteiger partial charge in [-0.3, -0.25) is 0 Å². The molecule has 0 saturated carbocycles. The first-order valence-electron chi connectivity index (χ1n) is 4.98. The number of rotatable bonds is 3. The average molecular weight is 205 g/mol. The minimum absolute atomic E-state index is 0.585. The Morgan fingerprint density at radius 2 is 2.25 bits per heavy atom. The van der Waals surface area contributed by atoms with E-state index in [0.717, 1.165) is 11.1 Å². The second-order valence-corrected chi connectivity index (χ2v) is 3.26. The Morgan fingerprint density at radius 3 is 2.81 bits per heavy atom. The lowest BCUT2D eigenvalue weighted by Gasteiger charge is -2.05. The second kappa shape index (κ2) is 5.77. The SMILES string of the molecule is [B]c1ccc(C(/C=C\C=C)=C/C)c(C#N)c1. The highest BCUT2D eigenvalue weighted by atomic mass is 14.2. The van der Waals surface area contributed by atoms with Crippen molar-refractivity contribution in [1.29, 1.82) is 5.26 Å². The van der Waals surface area contributed by atoms with E-state index in [9.17, 15) is 0 Å². The Balaban J connectivity index is 3.27. The molecule has 0 aliphatic heterocycles. The Morgan fingerprint density at radius 1 is 1.50 bits per heavy atom. The van der Waals surface area contributed by atoms with Crippen LogP contribution in [-0.4, -0.2) is 7.85 Å². The standard InChI is InChI=1S/C14H12BN/c1-3-5-6-11(4-2)14-8-7-13(15)9-12(14)10-16/h3-9H,1H2,2H3/b6-5-,11-4+. The maximum atomic E-state index is 9.04. The fourth-order valence-corrected chi connectivity index (χ4v) is 1.42. The molecule has 1 aromatic carbocycles. The summed E-state index contributed by atoms with van der Waals surface area (Å²) in [6.45, 7) is 5.55. The minimum Gasteiger partial charge on any atom is -0.192 e. The Hall–Kier alpha value is -2.01. The first-order valence-corrected chi connectivity index (χ1v) is 4.98. The van der Waals surface area contributed by atoms with Gasteiger partial charge in [0.05, 0.1) is 11.6 Å². The van der Waals surface area contributed by atoms with E-state index in [2.05, 4.69) is 12.6 Å². The van der Waals surface area contributed by atoms with Crippen molar-refractivity contribution in [3.63, 3.8) is 0 Å². The number of hydrogen-bond donors (Lipinski definition) is 0. The molecule has 0 fully saturated rings. The van der Waals surface area contributed by atoms with Crippen LogP contribution in [0.15, 0.2) is 49.1 Å². The van der Waals surface area contributed by atoms with E-state index in [0.29, 0.717) is 11.0 Å². The summed E-state index contributed by atoms with van der Waals surface area (Å²) in [7, 11) is 5.64. The van der Waals surface area contributed by atoms with Crippen LogP contribution in [0.4, 0.5) is 0 Å². The molecule has 0 aliphatic rings. The van der Waals surface area contributed by atoms with E-state index >= 15 is 0 Å².